The summed E-state index contributed by atoms with van der Waals surface area (Å²) in [5.41, 5.74) is 3.42. The fraction of sp³-hybridized carbons (Fsp3) is 0.458. The van der Waals surface area contributed by atoms with Crippen LogP contribution in [-0.4, -0.2) is 132 Å². The third-order valence-electron chi connectivity index (χ3n) is 14.1. The van der Waals surface area contributed by atoms with Crippen LogP contribution in [0, 0.1) is 0 Å². The number of likely N-dealkylation sites (tertiary alicyclic amines) is 2. The maximum absolute atomic E-state index is 13.6. The summed E-state index contributed by atoms with van der Waals surface area (Å²) in [4.78, 5) is 67.4. The molecule has 0 aliphatic carbocycles. The summed E-state index contributed by atoms with van der Waals surface area (Å²) in [6.45, 7) is 9.41. The minimum atomic E-state index is -3.74. The summed E-state index contributed by atoms with van der Waals surface area (Å²) in [5.74, 6) is -0.685. The molecule has 1 atom stereocenters. The first-order valence-corrected chi connectivity index (χ1v) is 25.8. The molecule has 1 aromatic heterocycles. The number of imide groups is 2. The molecule has 16 nitrogen and oxygen atoms in total. The van der Waals surface area contributed by atoms with E-state index >= 15 is 0 Å². The zero-order valence-corrected chi connectivity index (χ0v) is 40.8. The second kappa shape index (κ2) is 19.8. The van der Waals surface area contributed by atoms with E-state index in [0.717, 1.165) is 60.7 Å². The molecule has 0 radical (unpaired) electrons. The lowest BCUT2D eigenvalue weighted by Crippen LogP contribution is -2.62. The smallest absolute Gasteiger partial charge is 0.262 e. The summed E-state index contributed by atoms with van der Waals surface area (Å²) in [6.07, 6.45) is 4.72. The van der Waals surface area contributed by atoms with Crippen LogP contribution in [-0.2, 0) is 31.6 Å². The summed E-state index contributed by atoms with van der Waals surface area (Å²) in [7, 11) is -3.74. The average molecular weight is 1010 g/mol. The Bertz CT molecular complexity index is 2680. The zero-order valence-electron chi connectivity index (χ0n) is 37.8. The monoisotopic (exact) mass is 1010 g/mol. The van der Waals surface area contributed by atoms with Gasteiger partial charge >= 0.3 is 0 Å². The van der Waals surface area contributed by atoms with Gasteiger partial charge in [0.1, 0.15) is 25.0 Å². The van der Waals surface area contributed by atoms with Gasteiger partial charge in [-0.15, -0.1) is 11.6 Å². The molecular weight excluding hydrogens is 955 g/mol. The third kappa shape index (κ3) is 9.88. The predicted octanol–water partition coefficient (Wildman–Crippen LogP) is 6.27. The Morgan fingerprint density at radius 3 is 2.13 bits per heavy atom. The first-order valence-electron chi connectivity index (χ1n) is 22.9. The Morgan fingerprint density at radius 2 is 1.46 bits per heavy atom. The van der Waals surface area contributed by atoms with Crippen molar-refractivity contribution in [2.45, 2.75) is 87.8 Å². The van der Waals surface area contributed by atoms with Crippen LogP contribution >= 0.6 is 34.8 Å². The van der Waals surface area contributed by atoms with Crippen molar-refractivity contribution in [3.8, 4) is 11.5 Å². The number of anilines is 2. The second-order valence-corrected chi connectivity index (χ2v) is 21.7. The van der Waals surface area contributed by atoms with Gasteiger partial charge in [0.2, 0.25) is 27.8 Å². The Labute approximate surface area is 410 Å². The minimum Gasteiger partial charge on any atom is -0.489 e. The van der Waals surface area contributed by atoms with Gasteiger partial charge in [-0.3, -0.25) is 39.0 Å². The summed E-state index contributed by atoms with van der Waals surface area (Å²) in [5, 5.41) is 2.49. The summed E-state index contributed by atoms with van der Waals surface area (Å²) >= 11 is 18.8. The third-order valence-corrected chi connectivity index (χ3v) is 16.6. The van der Waals surface area contributed by atoms with Gasteiger partial charge in [0, 0.05) is 62.0 Å². The molecule has 68 heavy (non-hydrogen) atoms. The number of nitrogens with one attached hydrogen (secondary N) is 2. The number of hydrogen-bond donors (Lipinski definition) is 2. The molecule has 4 fully saturated rings. The van der Waals surface area contributed by atoms with Crippen LogP contribution in [0.1, 0.15) is 89.9 Å². The van der Waals surface area contributed by atoms with Crippen LogP contribution in [0.25, 0.3) is 0 Å². The van der Waals surface area contributed by atoms with E-state index < -0.39 is 50.4 Å². The number of alkyl halides is 1. The highest BCUT2D eigenvalue weighted by Crippen LogP contribution is 2.41. The van der Waals surface area contributed by atoms with Crippen molar-refractivity contribution in [1.29, 1.82) is 0 Å². The van der Waals surface area contributed by atoms with Gasteiger partial charge in [0.05, 0.1) is 38.0 Å². The van der Waals surface area contributed by atoms with Gasteiger partial charge in [-0.25, -0.2) is 18.4 Å². The van der Waals surface area contributed by atoms with E-state index in [2.05, 4.69) is 48.6 Å². The Balaban J connectivity index is 0.709. The highest BCUT2D eigenvalue weighted by atomic mass is 35.5. The summed E-state index contributed by atoms with van der Waals surface area (Å²) in [6, 6.07) is 18.1. The maximum Gasteiger partial charge on any atom is 0.262 e. The highest BCUT2D eigenvalue weighted by Gasteiger charge is 2.45. The van der Waals surface area contributed by atoms with E-state index in [-0.39, 0.29) is 36.5 Å². The number of carbonyl (C=O) groups is 4. The zero-order chi connectivity index (χ0) is 47.9. The maximum atomic E-state index is 13.6. The van der Waals surface area contributed by atoms with Crippen LogP contribution in [0.5, 0.6) is 11.5 Å². The van der Waals surface area contributed by atoms with Gasteiger partial charge in [0.25, 0.3) is 11.8 Å². The van der Waals surface area contributed by atoms with Crippen LogP contribution in [0.4, 0.5) is 11.6 Å². The van der Waals surface area contributed by atoms with Gasteiger partial charge in [-0.05, 0) is 105 Å². The molecule has 6 heterocycles. The molecule has 5 aliphatic rings. The lowest BCUT2D eigenvalue weighted by Gasteiger charge is -2.50. The molecule has 9 rings (SSSR count). The van der Waals surface area contributed by atoms with Crippen LogP contribution in [0.3, 0.4) is 0 Å². The number of piperidine rings is 3. The molecule has 0 saturated carbocycles. The quantitative estimate of drug-likeness (QED) is 0.101. The number of sulfonamides is 1. The molecule has 20 heteroatoms. The van der Waals surface area contributed by atoms with Crippen molar-refractivity contribution < 1.29 is 37.1 Å². The van der Waals surface area contributed by atoms with E-state index in [1.807, 2.05) is 42.5 Å². The molecule has 1 unspecified atom stereocenters. The second-order valence-electron chi connectivity index (χ2n) is 18.5. The summed E-state index contributed by atoms with van der Waals surface area (Å²) < 4.78 is 41.4. The number of halogens is 3. The first-order chi connectivity index (χ1) is 32.6. The van der Waals surface area contributed by atoms with Crippen molar-refractivity contribution in [2.75, 3.05) is 61.4 Å². The molecule has 0 spiro atoms. The van der Waals surface area contributed by atoms with E-state index in [1.165, 1.54) is 6.20 Å². The van der Waals surface area contributed by atoms with E-state index in [1.54, 1.807) is 18.2 Å². The van der Waals surface area contributed by atoms with E-state index in [4.69, 9.17) is 44.3 Å². The molecule has 2 N–H and O–H groups in total. The van der Waals surface area contributed by atoms with Crippen molar-refractivity contribution in [1.82, 2.24) is 30.0 Å². The number of benzene rings is 3. The average Bonchev–Trinajstić information content (AvgIpc) is 3.55. The molecular formula is C48H53Cl3N8O8S. The number of nitrogens with zero attached hydrogens (tertiary/aromatic N) is 6. The molecule has 0 bridgehead atoms. The number of aromatic nitrogens is 2. The Kier molecular flexibility index (Phi) is 13.9. The van der Waals surface area contributed by atoms with Gasteiger partial charge < -0.3 is 19.3 Å². The Hall–Kier alpha value is -5.04. The SMILES string of the molecule is CC(C)(c1ccc(OCc2ccnc(NS(=O)(=O)C3CCN(C4CCN(C5CN(c6ccc7c(c6)C(=O)N(C6CCC(=O)NC6=O)C7=O)C5)CC4)CC3)n2)cc1)c1cc(Cl)c(OCCCl)c(Cl)c1. The molecule has 5 aliphatic heterocycles. The van der Waals surface area contributed by atoms with Crippen LogP contribution in [0.2, 0.25) is 10.0 Å². The van der Waals surface area contributed by atoms with Crippen molar-refractivity contribution in [3.05, 3.63) is 105 Å². The van der Waals surface area contributed by atoms with Crippen molar-refractivity contribution in [2.24, 2.45) is 0 Å². The normalized spacial score (nSPS) is 20.3. The van der Waals surface area contributed by atoms with Gasteiger partial charge in [-0.2, -0.15) is 0 Å². The Morgan fingerprint density at radius 1 is 0.794 bits per heavy atom. The standard InChI is InChI=1S/C48H53Cl3N8O8S/c1-48(2,30-23-39(50)43(40(51)24-30)66-22-16-49)29-3-6-35(7-4-29)67-28-31-11-17-52-47(53-31)55-68(64,65)36-14-20-56(21-15-36)32-12-18-57(19-13-32)34-26-58(27-34)33-5-8-37-38(25-33)46(63)59(45(37)62)41-9-10-42(60)54-44(41)61/h3-8,11,17,23-25,32,34,36,41H,9-10,12-16,18-22,26-28H2,1-2H3,(H,52,53,55)(H,54,60,61). The number of rotatable bonds is 15. The number of carbonyl (C=O) groups excluding carboxylic acids is 4. The number of fused-ring (bicyclic) bond motifs is 1. The van der Waals surface area contributed by atoms with Gasteiger partial charge in [-0.1, -0.05) is 49.2 Å². The topological polar surface area (TPSA) is 184 Å². The van der Waals surface area contributed by atoms with Gasteiger partial charge in [0.15, 0.2) is 5.75 Å². The number of hydrogen-bond acceptors (Lipinski definition) is 13. The molecule has 4 aromatic rings. The highest BCUT2D eigenvalue weighted by molar-refractivity contribution is 7.93. The first kappa shape index (κ1) is 48.0. The number of ether oxygens (including phenoxy) is 2. The van der Waals surface area contributed by atoms with Crippen molar-refractivity contribution >= 4 is 80.1 Å². The largest absolute Gasteiger partial charge is 0.489 e. The molecule has 3 aromatic carbocycles. The van der Waals surface area contributed by atoms with E-state index in [9.17, 15) is 27.6 Å². The minimum absolute atomic E-state index is 0.0140. The fourth-order valence-electron chi connectivity index (χ4n) is 9.95. The predicted molar refractivity (Wildman–Crippen MR) is 258 cm³/mol. The van der Waals surface area contributed by atoms with Crippen LogP contribution in [0.15, 0.2) is 66.9 Å². The lowest BCUT2D eigenvalue weighted by atomic mass is 9.78. The number of amides is 4. The van der Waals surface area contributed by atoms with Crippen molar-refractivity contribution in [3.63, 3.8) is 0 Å². The van der Waals surface area contributed by atoms with E-state index in [0.29, 0.717) is 77.7 Å². The molecule has 4 amide bonds. The molecule has 4 saturated heterocycles. The fourth-order valence-corrected chi connectivity index (χ4v) is 12.0. The van der Waals surface area contributed by atoms with Crippen LogP contribution < -0.4 is 24.4 Å². The lowest BCUT2D eigenvalue weighted by molar-refractivity contribution is -0.136. The molecule has 360 valence electrons.